The summed E-state index contributed by atoms with van der Waals surface area (Å²) in [6.07, 6.45) is 4.06. The second kappa shape index (κ2) is 9.23. The van der Waals surface area contributed by atoms with Crippen LogP contribution in [0.2, 0.25) is 0 Å². The Kier molecular flexibility index (Phi) is 5.99. The SMILES string of the molecule is Cc1ccc(C)c(C(=O)c2ccccc2C(=O)N2CCN(Cc3cn4ccccc4n3)CC2)c1. The molecule has 0 saturated carbocycles. The van der Waals surface area contributed by atoms with E-state index in [4.69, 9.17) is 0 Å². The monoisotopic (exact) mass is 452 g/mol. The number of carbonyl (C=O) groups excluding carboxylic acids is 2. The fraction of sp³-hybridized carbons (Fsp3) is 0.250. The number of benzene rings is 2. The first-order valence-electron chi connectivity index (χ1n) is 11.6. The Bertz CT molecular complexity index is 1330. The quantitative estimate of drug-likeness (QED) is 0.427. The molecule has 1 fully saturated rings. The van der Waals surface area contributed by atoms with Gasteiger partial charge in [-0.2, -0.15) is 0 Å². The fourth-order valence-corrected chi connectivity index (χ4v) is 4.57. The van der Waals surface area contributed by atoms with Gasteiger partial charge in [0.15, 0.2) is 5.78 Å². The number of ketones is 1. The van der Waals surface area contributed by atoms with E-state index in [2.05, 4.69) is 16.1 Å². The van der Waals surface area contributed by atoms with Crippen molar-refractivity contribution in [2.45, 2.75) is 20.4 Å². The van der Waals surface area contributed by atoms with Gasteiger partial charge in [0.05, 0.1) is 11.3 Å². The topological polar surface area (TPSA) is 57.9 Å². The fourth-order valence-electron chi connectivity index (χ4n) is 4.57. The van der Waals surface area contributed by atoms with Gasteiger partial charge in [-0.1, -0.05) is 42.0 Å². The van der Waals surface area contributed by atoms with Gasteiger partial charge >= 0.3 is 0 Å². The van der Waals surface area contributed by atoms with E-state index in [0.29, 0.717) is 29.8 Å². The van der Waals surface area contributed by atoms with Crippen molar-refractivity contribution in [2.75, 3.05) is 26.2 Å². The molecule has 3 heterocycles. The zero-order valence-corrected chi connectivity index (χ0v) is 19.6. The molecule has 0 atom stereocenters. The van der Waals surface area contributed by atoms with Gasteiger partial charge in [-0.05, 0) is 43.7 Å². The molecule has 0 aliphatic carbocycles. The maximum absolute atomic E-state index is 13.4. The minimum absolute atomic E-state index is 0.0818. The molecule has 34 heavy (non-hydrogen) atoms. The average Bonchev–Trinajstić information content (AvgIpc) is 3.27. The number of fused-ring (bicyclic) bond motifs is 1. The number of carbonyl (C=O) groups is 2. The van der Waals surface area contributed by atoms with Crippen LogP contribution in [0.4, 0.5) is 0 Å². The third-order valence-electron chi connectivity index (χ3n) is 6.50. The minimum Gasteiger partial charge on any atom is -0.336 e. The van der Waals surface area contributed by atoms with Crippen molar-refractivity contribution in [3.63, 3.8) is 0 Å². The first-order valence-corrected chi connectivity index (χ1v) is 11.6. The lowest BCUT2D eigenvalue weighted by molar-refractivity contribution is 0.0624. The van der Waals surface area contributed by atoms with E-state index >= 15 is 0 Å². The predicted molar refractivity (Wildman–Crippen MR) is 132 cm³/mol. The minimum atomic E-state index is -0.101. The zero-order chi connectivity index (χ0) is 23.7. The predicted octanol–water partition coefficient (Wildman–Crippen LogP) is 4.14. The van der Waals surface area contributed by atoms with Crippen LogP contribution >= 0.6 is 0 Å². The van der Waals surface area contributed by atoms with Crippen molar-refractivity contribution < 1.29 is 9.59 Å². The van der Waals surface area contributed by atoms with Crippen molar-refractivity contribution in [1.82, 2.24) is 19.2 Å². The van der Waals surface area contributed by atoms with Crippen LogP contribution in [0.15, 0.2) is 73.1 Å². The number of nitrogens with zero attached hydrogens (tertiary/aromatic N) is 4. The second-order valence-electron chi connectivity index (χ2n) is 8.96. The van der Waals surface area contributed by atoms with Crippen LogP contribution in [0.5, 0.6) is 0 Å². The molecule has 2 aromatic heterocycles. The summed E-state index contributed by atoms with van der Waals surface area (Å²) < 4.78 is 2.03. The van der Waals surface area contributed by atoms with Crippen molar-refractivity contribution >= 4 is 17.3 Å². The molecule has 172 valence electrons. The molecular weight excluding hydrogens is 424 g/mol. The lowest BCUT2D eigenvalue weighted by Gasteiger charge is -2.34. The second-order valence-corrected chi connectivity index (χ2v) is 8.96. The molecule has 1 aliphatic rings. The Morgan fingerprint density at radius 2 is 1.59 bits per heavy atom. The van der Waals surface area contributed by atoms with E-state index in [0.717, 1.165) is 42.1 Å². The van der Waals surface area contributed by atoms with Gasteiger partial charge < -0.3 is 9.30 Å². The smallest absolute Gasteiger partial charge is 0.254 e. The van der Waals surface area contributed by atoms with Crippen molar-refractivity contribution in [2.24, 2.45) is 0 Å². The van der Waals surface area contributed by atoms with Crippen LogP contribution in [-0.4, -0.2) is 57.1 Å². The van der Waals surface area contributed by atoms with Gasteiger partial charge in [-0.25, -0.2) is 4.98 Å². The summed E-state index contributed by atoms with van der Waals surface area (Å²) in [5.74, 6) is -0.183. The maximum atomic E-state index is 13.4. The van der Waals surface area contributed by atoms with Crippen molar-refractivity contribution in [3.05, 3.63) is 107 Å². The summed E-state index contributed by atoms with van der Waals surface area (Å²) in [7, 11) is 0. The Morgan fingerprint density at radius 3 is 2.35 bits per heavy atom. The highest BCUT2D eigenvalue weighted by Crippen LogP contribution is 2.21. The molecule has 6 nitrogen and oxygen atoms in total. The molecule has 1 amide bonds. The first kappa shape index (κ1) is 22.0. The molecule has 0 unspecified atom stereocenters. The normalized spacial score (nSPS) is 14.5. The number of aromatic nitrogens is 2. The average molecular weight is 453 g/mol. The van der Waals surface area contributed by atoms with Gasteiger partial charge in [0.1, 0.15) is 5.65 Å². The Balaban J connectivity index is 1.28. The number of piperazine rings is 1. The van der Waals surface area contributed by atoms with Crippen LogP contribution in [0, 0.1) is 13.8 Å². The zero-order valence-electron chi connectivity index (χ0n) is 19.6. The van der Waals surface area contributed by atoms with Crippen LogP contribution in [-0.2, 0) is 6.54 Å². The van der Waals surface area contributed by atoms with Crippen LogP contribution in [0.3, 0.4) is 0 Å². The third-order valence-corrected chi connectivity index (χ3v) is 6.50. The molecule has 0 bridgehead atoms. The highest BCUT2D eigenvalue weighted by molar-refractivity contribution is 6.16. The number of rotatable bonds is 5. The van der Waals surface area contributed by atoms with Gasteiger partial charge in [-0.3, -0.25) is 14.5 Å². The van der Waals surface area contributed by atoms with Crippen LogP contribution in [0.25, 0.3) is 5.65 Å². The van der Waals surface area contributed by atoms with Gasteiger partial charge in [0.2, 0.25) is 0 Å². The van der Waals surface area contributed by atoms with E-state index in [1.165, 1.54) is 0 Å². The molecule has 0 spiro atoms. The standard InChI is InChI=1S/C28H28N4O2/c1-20-10-11-21(2)25(17-20)27(33)23-7-3-4-8-24(23)28(34)31-15-13-30(14-16-31)18-22-19-32-12-6-5-9-26(32)29-22/h3-12,17,19H,13-16,18H2,1-2H3. The summed E-state index contributed by atoms with van der Waals surface area (Å²) >= 11 is 0. The Labute approximate surface area is 199 Å². The van der Waals surface area contributed by atoms with Crippen LogP contribution < -0.4 is 0 Å². The molecule has 4 aromatic rings. The molecule has 5 rings (SSSR count). The summed E-state index contributed by atoms with van der Waals surface area (Å²) in [4.78, 5) is 35.7. The lowest BCUT2D eigenvalue weighted by Crippen LogP contribution is -2.48. The number of hydrogen-bond acceptors (Lipinski definition) is 4. The first-order chi connectivity index (χ1) is 16.5. The van der Waals surface area contributed by atoms with E-state index in [9.17, 15) is 9.59 Å². The van der Waals surface area contributed by atoms with Gasteiger partial charge in [0.25, 0.3) is 5.91 Å². The van der Waals surface area contributed by atoms with Crippen LogP contribution in [0.1, 0.15) is 43.1 Å². The summed E-state index contributed by atoms with van der Waals surface area (Å²) in [6, 6.07) is 19.0. The number of hydrogen-bond donors (Lipinski definition) is 0. The van der Waals surface area contributed by atoms with Gasteiger partial charge in [0, 0.05) is 56.2 Å². The lowest BCUT2D eigenvalue weighted by atomic mass is 9.94. The molecule has 1 saturated heterocycles. The molecule has 0 N–H and O–H groups in total. The number of pyridine rings is 1. The van der Waals surface area contributed by atoms with Crippen molar-refractivity contribution in [3.8, 4) is 0 Å². The van der Waals surface area contributed by atoms with E-state index < -0.39 is 0 Å². The molecule has 2 aromatic carbocycles. The third kappa shape index (κ3) is 4.37. The highest BCUT2D eigenvalue weighted by Gasteiger charge is 2.26. The van der Waals surface area contributed by atoms with Gasteiger partial charge in [-0.15, -0.1) is 0 Å². The Morgan fingerprint density at radius 1 is 0.853 bits per heavy atom. The molecule has 1 aliphatic heterocycles. The Hall–Kier alpha value is -3.77. The van der Waals surface area contributed by atoms with E-state index in [1.807, 2.05) is 77.9 Å². The highest BCUT2D eigenvalue weighted by atomic mass is 16.2. The summed E-state index contributed by atoms with van der Waals surface area (Å²) in [6.45, 7) is 7.44. The summed E-state index contributed by atoms with van der Waals surface area (Å²) in [5.41, 5.74) is 5.50. The number of imidazole rings is 1. The summed E-state index contributed by atoms with van der Waals surface area (Å²) in [5, 5.41) is 0. The molecule has 0 radical (unpaired) electrons. The maximum Gasteiger partial charge on any atom is 0.254 e. The molecular formula is C28H28N4O2. The largest absolute Gasteiger partial charge is 0.336 e. The van der Waals surface area contributed by atoms with E-state index in [-0.39, 0.29) is 11.7 Å². The number of amides is 1. The number of aryl methyl sites for hydroxylation is 2. The van der Waals surface area contributed by atoms with E-state index in [1.54, 1.807) is 12.1 Å². The van der Waals surface area contributed by atoms with Crippen molar-refractivity contribution in [1.29, 1.82) is 0 Å². The molecule has 6 heteroatoms.